The van der Waals surface area contributed by atoms with Crippen LogP contribution >= 0.6 is 0 Å². The zero-order chi connectivity index (χ0) is 18.2. The van der Waals surface area contributed by atoms with Crippen molar-refractivity contribution in [2.24, 2.45) is 4.99 Å². The first kappa shape index (κ1) is 18.7. The molecule has 1 amide bonds. The number of aliphatic imine (C=N–C) groups is 1. The van der Waals surface area contributed by atoms with E-state index < -0.39 is 0 Å². The highest BCUT2D eigenvalue weighted by atomic mass is 16.5. The Labute approximate surface area is 153 Å². The fourth-order valence-corrected chi connectivity index (χ4v) is 3.12. The normalized spacial score (nSPS) is 19.7. The Morgan fingerprint density at radius 2 is 1.96 bits per heavy atom. The highest BCUT2D eigenvalue weighted by molar-refractivity contribution is 5.80. The van der Waals surface area contributed by atoms with Gasteiger partial charge in [-0.05, 0) is 6.92 Å². The summed E-state index contributed by atoms with van der Waals surface area (Å²) in [6, 6.07) is 1.82. The summed E-state index contributed by atoms with van der Waals surface area (Å²) in [5.41, 5.74) is 0.815. The SMILES string of the molecule is CCNC(=NCc1ccon1)N1CCN(CC(=O)N2CCOCC2)CC1. The monoisotopic (exact) mass is 364 g/mol. The molecule has 0 saturated carbocycles. The molecule has 0 radical (unpaired) electrons. The second-order valence-corrected chi connectivity index (χ2v) is 6.42. The van der Waals surface area contributed by atoms with Crippen LogP contribution in [0.2, 0.25) is 0 Å². The number of rotatable bonds is 5. The number of amides is 1. The molecule has 0 unspecified atom stereocenters. The molecule has 2 saturated heterocycles. The molecule has 3 heterocycles. The maximum absolute atomic E-state index is 12.4. The predicted molar refractivity (Wildman–Crippen MR) is 96.7 cm³/mol. The highest BCUT2D eigenvalue weighted by Crippen LogP contribution is 2.06. The van der Waals surface area contributed by atoms with Crippen LogP contribution in [0.3, 0.4) is 0 Å². The summed E-state index contributed by atoms with van der Waals surface area (Å²) in [7, 11) is 0. The molecule has 2 aliphatic heterocycles. The third-order valence-corrected chi connectivity index (χ3v) is 4.61. The van der Waals surface area contributed by atoms with E-state index >= 15 is 0 Å². The van der Waals surface area contributed by atoms with Crippen molar-refractivity contribution >= 4 is 11.9 Å². The Bertz CT molecular complexity index is 577. The lowest BCUT2D eigenvalue weighted by molar-refractivity contribution is -0.136. The smallest absolute Gasteiger partial charge is 0.236 e. The van der Waals surface area contributed by atoms with Gasteiger partial charge in [-0.3, -0.25) is 9.69 Å². The van der Waals surface area contributed by atoms with Gasteiger partial charge in [0.25, 0.3) is 0 Å². The number of hydrogen-bond donors (Lipinski definition) is 1. The lowest BCUT2D eigenvalue weighted by Crippen LogP contribution is -2.54. The topological polar surface area (TPSA) is 86.4 Å². The van der Waals surface area contributed by atoms with E-state index in [4.69, 9.17) is 9.26 Å². The van der Waals surface area contributed by atoms with Crippen LogP contribution in [0.4, 0.5) is 0 Å². The van der Waals surface area contributed by atoms with Crippen molar-refractivity contribution in [3.05, 3.63) is 18.0 Å². The average Bonchev–Trinajstić information content (AvgIpc) is 3.20. The maximum atomic E-state index is 12.4. The highest BCUT2D eigenvalue weighted by Gasteiger charge is 2.24. The first-order valence-corrected chi connectivity index (χ1v) is 9.26. The van der Waals surface area contributed by atoms with Crippen molar-refractivity contribution in [2.75, 3.05) is 65.6 Å². The fourth-order valence-electron chi connectivity index (χ4n) is 3.12. The molecule has 26 heavy (non-hydrogen) atoms. The summed E-state index contributed by atoms with van der Waals surface area (Å²) in [6.07, 6.45) is 1.56. The van der Waals surface area contributed by atoms with Crippen molar-refractivity contribution in [1.29, 1.82) is 0 Å². The zero-order valence-electron chi connectivity index (χ0n) is 15.4. The summed E-state index contributed by atoms with van der Waals surface area (Å²) in [6.45, 7) is 9.96. The van der Waals surface area contributed by atoms with Gasteiger partial charge in [0.1, 0.15) is 12.0 Å². The van der Waals surface area contributed by atoms with Crippen molar-refractivity contribution in [3.63, 3.8) is 0 Å². The number of hydrogen-bond acceptors (Lipinski definition) is 6. The molecule has 9 heteroatoms. The van der Waals surface area contributed by atoms with Gasteiger partial charge in [0, 0.05) is 51.9 Å². The maximum Gasteiger partial charge on any atom is 0.236 e. The second-order valence-electron chi connectivity index (χ2n) is 6.42. The zero-order valence-corrected chi connectivity index (χ0v) is 15.4. The van der Waals surface area contributed by atoms with Gasteiger partial charge in [-0.25, -0.2) is 4.99 Å². The Morgan fingerprint density at radius 1 is 1.19 bits per heavy atom. The van der Waals surface area contributed by atoms with Crippen LogP contribution in [-0.4, -0.2) is 97.3 Å². The van der Waals surface area contributed by atoms with Crippen molar-refractivity contribution in [1.82, 2.24) is 25.2 Å². The first-order valence-electron chi connectivity index (χ1n) is 9.26. The van der Waals surface area contributed by atoms with Crippen LogP contribution in [0.15, 0.2) is 21.8 Å². The Balaban J connectivity index is 1.47. The molecule has 0 aromatic carbocycles. The van der Waals surface area contributed by atoms with Crippen LogP contribution in [-0.2, 0) is 16.1 Å². The van der Waals surface area contributed by atoms with Crippen molar-refractivity contribution in [2.45, 2.75) is 13.5 Å². The lowest BCUT2D eigenvalue weighted by atomic mass is 10.3. The summed E-state index contributed by atoms with van der Waals surface area (Å²) in [5.74, 6) is 1.09. The van der Waals surface area contributed by atoms with Gasteiger partial charge in [0.05, 0.1) is 26.3 Å². The molecule has 1 aromatic rings. The average molecular weight is 364 g/mol. The Morgan fingerprint density at radius 3 is 2.62 bits per heavy atom. The van der Waals surface area contributed by atoms with Gasteiger partial charge in [0.2, 0.25) is 5.91 Å². The third-order valence-electron chi connectivity index (χ3n) is 4.61. The number of aromatic nitrogens is 1. The van der Waals surface area contributed by atoms with E-state index in [1.165, 1.54) is 0 Å². The van der Waals surface area contributed by atoms with Crippen LogP contribution in [0.25, 0.3) is 0 Å². The van der Waals surface area contributed by atoms with E-state index in [0.29, 0.717) is 39.4 Å². The first-order chi connectivity index (χ1) is 12.8. The third kappa shape index (κ3) is 5.18. The molecular formula is C17H28N6O3. The number of piperazine rings is 1. The lowest BCUT2D eigenvalue weighted by Gasteiger charge is -2.37. The molecule has 3 rings (SSSR count). The van der Waals surface area contributed by atoms with Gasteiger partial charge in [-0.15, -0.1) is 0 Å². The predicted octanol–water partition coefficient (Wildman–Crippen LogP) is -0.383. The van der Waals surface area contributed by atoms with E-state index in [2.05, 4.69) is 32.2 Å². The minimum absolute atomic E-state index is 0.202. The van der Waals surface area contributed by atoms with Crippen LogP contribution in [0.1, 0.15) is 12.6 Å². The molecule has 2 aliphatic rings. The van der Waals surface area contributed by atoms with E-state index in [1.54, 1.807) is 6.26 Å². The largest absolute Gasteiger partial charge is 0.378 e. The molecule has 0 spiro atoms. The number of carbonyl (C=O) groups excluding carboxylic acids is 1. The van der Waals surface area contributed by atoms with E-state index in [9.17, 15) is 4.79 Å². The molecule has 1 aromatic heterocycles. The quantitative estimate of drug-likeness (QED) is 0.563. The summed E-state index contributed by atoms with van der Waals surface area (Å²) >= 11 is 0. The van der Waals surface area contributed by atoms with E-state index in [-0.39, 0.29) is 5.91 Å². The Hall–Kier alpha value is -2.13. The van der Waals surface area contributed by atoms with Gasteiger partial charge >= 0.3 is 0 Å². The van der Waals surface area contributed by atoms with Crippen LogP contribution in [0.5, 0.6) is 0 Å². The van der Waals surface area contributed by atoms with Crippen molar-refractivity contribution in [3.8, 4) is 0 Å². The Kier molecular flexibility index (Phi) is 6.84. The minimum Gasteiger partial charge on any atom is -0.378 e. The van der Waals surface area contributed by atoms with Gasteiger partial charge in [-0.2, -0.15) is 0 Å². The number of guanidine groups is 1. The van der Waals surface area contributed by atoms with Crippen LogP contribution in [0, 0.1) is 0 Å². The second kappa shape index (κ2) is 9.54. The molecule has 9 nitrogen and oxygen atoms in total. The number of morpholine rings is 1. The minimum atomic E-state index is 0.202. The molecule has 144 valence electrons. The summed E-state index contributed by atoms with van der Waals surface area (Å²) < 4.78 is 10.2. The van der Waals surface area contributed by atoms with Gasteiger partial charge in [0.15, 0.2) is 5.96 Å². The number of carbonyl (C=O) groups is 1. The fraction of sp³-hybridized carbons (Fsp3) is 0.706. The number of nitrogens with zero attached hydrogens (tertiary/aromatic N) is 5. The van der Waals surface area contributed by atoms with E-state index in [1.807, 2.05) is 11.0 Å². The summed E-state index contributed by atoms with van der Waals surface area (Å²) in [5, 5.41) is 7.23. The van der Waals surface area contributed by atoms with E-state index in [0.717, 1.165) is 44.4 Å². The molecule has 2 fully saturated rings. The van der Waals surface area contributed by atoms with Gasteiger partial charge < -0.3 is 24.4 Å². The summed E-state index contributed by atoms with van der Waals surface area (Å²) in [4.78, 5) is 23.4. The molecule has 0 aliphatic carbocycles. The number of ether oxygens (including phenoxy) is 1. The molecule has 0 atom stereocenters. The molecule has 1 N–H and O–H groups in total. The van der Waals surface area contributed by atoms with Gasteiger partial charge in [-0.1, -0.05) is 5.16 Å². The van der Waals surface area contributed by atoms with Crippen LogP contribution < -0.4 is 5.32 Å². The standard InChI is InChI=1S/C17H28N6O3/c1-2-18-17(19-13-15-3-10-26-20-15)23-6-4-21(5-7-23)14-16(24)22-8-11-25-12-9-22/h3,10H,2,4-9,11-14H2,1H3,(H,18,19). The van der Waals surface area contributed by atoms with Crippen molar-refractivity contribution < 1.29 is 14.1 Å². The number of nitrogens with one attached hydrogen (secondary N) is 1. The molecular weight excluding hydrogens is 336 g/mol. The molecule has 0 bridgehead atoms.